The number of aromatic nitrogens is 2. The first-order valence-corrected chi connectivity index (χ1v) is 9.10. The highest BCUT2D eigenvalue weighted by Crippen LogP contribution is 2.42. The van der Waals surface area contributed by atoms with E-state index < -0.39 is 5.54 Å². The van der Waals surface area contributed by atoms with Crippen LogP contribution in [0.4, 0.5) is 0 Å². The lowest BCUT2D eigenvalue weighted by Crippen LogP contribution is -2.54. The van der Waals surface area contributed by atoms with Crippen molar-refractivity contribution in [1.82, 2.24) is 19.6 Å². The number of aliphatic hydroxyl groups excluding tert-OH is 1. The zero-order valence-corrected chi connectivity index (χ0v) is 15.1. The molecule has 3 atom stereocenters. The molecule has 1 aromatic rings. The average Bonchev–Trinajstić information content (AvgIpc) is 3.19. The van der Waals surface area contributed by atoms with Gasteiger partial charge in [-0.1, -0.05) is 0 Å². The molecule has 2 aliphatic heterocycles. The van der Waals surface area contributed by atoms with Crippen LogP contribution < -0.4 is 0 Å². The Morgan fingerprint density at radius 3 is 2.84 bits per heavy atom. The average molecular weight is 348 g/mol. The topological polar surface area (TPSA) is 78.7 Å². The number of hydrogen-bond acceptors (Lipinski definition) is 4. The minimum absolute atomic E-state index is 0.0367. The van der Waals surface area contributed by atoms with Crippen LogP contribution >= 0.6 is 0 Å². The zero-order valence-electron chi connectivity index (χ0n) is 15.1. The normalized spacial score (nSPS) is 28.9. The molecule has 0 unspecified atom stereocenters. The van der Waals surface area contributed by atoms with Gasteiger partial charge in [0.25, 0.3) is 0 Å². The van der Waals surface area contributed by atoms with E-state index in [1.807, 2.05) is 33.7 Å². The molecule has 7 nitrogen and oxygen atoms in total. The lowest BCUT2D eigenvalue weighted by atomic mass is 9.89. The molecule has 1 aromatic heterocycles. The van der Waals surface area contributed by atoms with Gasteiger partial charge in [-0.25, -0.2) is 0 Å². The molecule has 3 heterocycles. The highest BCUT2D eigenvalue weighted by Gasteiger charge is 2.52. The Labute approximate surface area is 148 Å². The summed E-state index contributed by atoms with van der Waals surface area (Å²) in [6.45, 7) is 5.62. The summed E-state index contributed by atoms with van der Waals surface area (Å²) in [4.78, 5) is 28.4. The molecule has 7 heteroatoms. The summed E-state index contributed by atoms with van der Waals surface area (Å²) >= 11 is 0. The van der Waals surface area contributed by atoms with Crippen molar-refractivity contribution >= 4 is 11.8 Å². The number of aryl methyl sites for hydroxylation is 1. The van der Waals surface area contributed by atoms with Crippen molar-refractivity contribution in [3.05, 3.63) is 18.5 Å². The van der Waals surface area contributed by atoms with Gasteiger partial charge in [0.1, 0.15) is 0 Å². The minimum Gasteiger partial charge on any atom is -0.394 e. The molecule has 0 aromatic carbocycles. The van der Waals surface area contributed by atoms with Gasteiger partial charge in [0, 0.05) is 51.4 Å². The van der Waals surface area contributed by atoms with E-state index >= 15 is 0 Å². The summed E-state index contributed by atoms with van der Waals surface area (Å²) in [5, 5.41) is 14.1. The molecular formula is C18H28N4O3. The summed E-state index contributed by atoms with van der Waals surface area (Å²) in [6, 6.07) is 2.00. The smallest absolute Gasteiger partial charge is 0.223 e. The number of hydrogen-bond donors (Lipinski definition) is 1. The summed E-state index contributed by atoms with van der Waals surface area (Å²) in [7, 11) is 0. The quantitative estimate of drug-likeness (QED) is 0.857. The molecule has 2 fully saturated rings. The second-order valence-corrected chi connectivity index (χ2v) is 7.58. The van der Waals surface area contributed by atoms with E-state index in [0.29, 0.717) is 26.1 Å². The van der Waals surface area contributed by atoms with Crippen LogP contribution in [0.3, 0.4) is 0 Å². The number of aliphatic hydroxyl groups is 1. The van der Waals surface area contributed by atoms with E-state index in [9.17, 15) is 14.7 Å². The highest BCUT2D eigenvalue weighted by molar-refractivity contribution is 5.78. The van der Waals surface area contributed by atoms with Crippen molar-refractivity contribution in [2.24, 2.45) is 5.92 Å². The number of rotatable bonds is 5. The van der Waals surface area contributed by atoms with Crippen LogP contribution in [0.25, 0.3) is 0 Å². The molecule has 138 valence electrons. The Balaban J connectivity index is 1.65. The largest absolute Gasteiger partial charge is 0.394 e. The van der Waals surface area contributed by atoms with Crippen LogP contribution in [0.5, 0.6) is 0 Å². The van der Waals surface area contributed by atoms with Gasteiger partial charge in [-0.05, 0) is 38.2 Å². The van der Waals surface area contributed by atoms with E-state index in [2.05, 4.69) is 5.10 Å². The van der Waals surface area contributed by atoms with E-state index in [1.54, 1.807) is 13.1 Å². The van der Waals surface area contributed by atoms with Crippen LogP contribution in [0.2, 0.25) is 0 Å². The fourth-order valence-corrected chi connectivity index (χ4v) is 4.48. The molecule has 25 heavy (non-hydrogen) atoms. The van der Waals surface area contributed by atoms with Crippen molar-refractivity contribution in [2.75, 3.05) is 19.7 Å². The fourth-order valence-electron chi connectivity index (χ4n) is 4.48. The maximum atomic E-state index is 12.9. The molecule has 2 amide bonds. The van der Waals surface area contributed by atoms with Crippen molar-refractivity contribution in [1.29, 1.82) is 0 Å². The van der Waals surface area contributed by atoms with Crippen LogP contribution in [-0.4, -0.2) is 67.8 Å². The number of piperidine rings is 1. The van der Waals surface area contributed by atoms with Crippen LogP contribution in [-0.2, 0) is 16.1 Å². The molecule has 2 aliphatic rings. The minimum atomic E-state index is -0.523. The van der Waals surface area contributed by atoms with E-state index in [1.165, 1.54) is 0 Å². The van der Waals surface area contributed by atoms with Crippen molar-refractivity contribution in [3.8, 4) is 0 Å². The van der Waals surface area contributed by atoms with Gasteiger partial charge < -0.3 is 14.9 Å². The Morgan fingerprint density at radius 1 is 1.40 bits per heavy atom. The van der Waals surface area contributed by atoms with E-state index in [-0.39, 0.29) is 30.4 Å². The number of amides is 2. The molecule has 0 bridgehead atoms. The standard InChI is InChI=1S/C18H28N4O3/c1-14(24)20-10-6-16-15(12-20)11-18(2,13-23)22(16)17(25)5-3-8-21-9-4-7-19-21/h4,7,9,15-16,23H,3,5-6,8,10-13H2,1-2H3/t15-,16-,18+/m0/s1. The zero-order chi connectivity index (χ0) is 18.0. The Bertz CT molecular complexity index is 618. The number of nitrogens with zero attached hydrogens (tertiary/aromatic N) is 4. The Hall–Kier alpha value is -1.89. The van der Waals surface area contributed by atoms with Gasteiger partial charge >= 0.3 is 0 Å². The number of fused-ring (bicyclic) bond motifs is 1. The van der Waals surface area contributed by atoms with E-state index in [0.717, 1.165) is 19.3 Å². The van der Waals surface area contributed by atoms with Crippen molar-refractivity contribution in [3.63, 3.8) is 0 Å². The molecule has 0 aliphatic carbocycles. The first kappa shape index (κ1) is 17.9. The summed E-state index contributed by atoms with van der Waals surface area (Å²) < 4.78 is 1.83. The molecule has 2 saturated heterocycles. The summed E-state index contributed by atoms with van der Waals surface area (Å²) in [6.07, 6.45) is 6.36. The third kappa shape index (κ3) is 3.56. The maximum absolute atomic E-state index is 12.9. The Morgan fingerprint density at radius 2 is 2.20 bits per heavy atom. The van der Waals surface area contributed by atoms with Crippen molar-refractivity contribution < 1.29 is 14.7 Å². The van der Waals surface area contributed by atoms with Gasteiger partial charge in [-0.15, -0.1) is 0 Å². The molecule has 0 radical (unpaired) electrons. The second kappa shape index (κ2) is 7.15. The van der Waals surface area contributed by atoms with Gasteiger partial charge in [-0.2, -0.15) is 5.10 Å². The maximum Gasteiger partial charge on any atom is 0.223 e. The molecule has 0 spiro atoms. The van der Waals surface area contributed by atoms with E-state index in [4.69, 9.17) is 0 Å². The number of likely N-dealkylation sites (tertiary alicyclic amines) is 2. The Kier molecular flexibility index (Phi) is 5.13. The molecule has 1 N–H and O–H groups in total. The number of carbonyl (C=O) groups is 2. The second-order valence-electron chi connectivity index (χ2n) is 7.58. The van der Waals surface area contributed by atoms with Crippen LogP contribution in [0, 0.1) is 5.92 Å². The molecule has 3 rings (SSSR count). The molecular weight excluding hydrogens is 320 g/mol. The molecule has 0 saturated carbocycles. The lowest BCUT2D eigenvalue weighted by molar-refractivity contribution is -0.140. The SMILES string of the molecule is CC(=O)N1CC[C@H]2[C@H](C1)C[C@](C)(CO)N2C(=O)CCCn1cccn1. The number of carbonyl (C=O) groups excluding carboxylic acids is 2. The third-order valence-electron chi connectivity index (χ3n) is 5.70. The van der Waals surface area contributed by atoms with Crippen LogP contribution in [0.15, 0.2) is 18.5 Å². The fraction of sp³-hybridized carbons (Fsp3) is 0.722. The van der Waals surface area contributed by atoms with Gasteiger partial charge in [-0.3, -0.25) is 14.3 Å². The highest BCUT2D eigenvalue weighted by atomic mass is 16.3. The predicted octanol–water partition coefficient (Wildman–Crippen LogP) is 0.884. The summed E-state index contributed by atoms with van der Waals surface area (Å²) in [5.74, 6) is 0.450. The monoisotopic (exact) mass is 348 g/mol. The van der Waals surface area contributed by atoms with Crippen molar-refractivity contribution in [2.45, 2.75) is 57.7 Å². The first-order chi connectivity index (χ1) is 11.9. The van der Waals surface area contributed by atoms with Gasteiger partial charge in [0.05, 0.1) is 12.1 Å². The predicted molar refractivity (Wildman–Crippen MR) is 92.6 cm³/mol. The lowest BCUT2D eigenvalue weighted by Gasteiger charge is -2.40. The third-order valence-corrected chi connectivity index (χ3v) is 5.70. The first-order valence-electron chi connectivity index (χ1n) is 9.10. The summed E-state index contributed by atoms with van der Waals surface area (Å²) in [5.41, 5.74) is -0.523. The van der Waals surface area contributed by atoms with Gasteiger partial charge in [0.15, 0.2) is 0 Å². The van der Waals surface area contributed by atoms with Gasteiger partial charge in [0.2, 0.25) is 11.8 Å². The van der Waals surface area contributed by atoms with Crippen LogP contribution in [0.1, 0.15) is 39.5 Å².